The third kappa shape index (κ3) is 2.62. The molecule has 0 spiro atoms. The van der Waals surface area contributed by atoms with Crippen molar-refractivity contribution in [3.63, 3.8) is 0 Å². The number of hydrogen-bond donors (Lipinski definition) is 1. The predicted molar refractivity (Wildman–Crippen MR) is 80.9 cm³/mol. The molecule has 0 aromatic carbocycles. The fraction of sp³-hybridized carbons (Fsp3) is 0.800. The molecular weight excluding hydrogens is 250 g/mol. The van der Waals surface area contributed by atoms with Gasteiger partial charge in [0.1, 0.15) is 5.82 Å². The number of piperazine rings is 1. The molecule has 0 saturated carbocycles. The fourth-order valence-electron chi connectivity index (χ4n) is 3.42. The Balaban J connectivity index is 1.84. The zero-order chi connectivity index (χ0) is 14.1. The van der Waals surface area contributed by atoms with Gasteiger partial charge in [-0.05, 0) is 14.1 Å². The summed E-state index contributed by atoms with van der Waals surface area (Å²) in [6, 6.07) is 0.604. The molecule has 112 valence electrons. The molecule has 2 aliphatic heterocycles. The highest BCUT2D eigenvalue weighted by atomic mass is 15.3. The molecule has 3 heterocycles. The second-order valence-corrected chi connectivity index (χ2v) is 6.21. The van der Waals surface area contributed by atoms with E-state index in [-0.39, 0.29) is 0 Å². The van der Waals surface area contributed by atoms with Crippen molar-refractivity contribution in [2.75, 3.05) is 40.3 Å². The van der Waals surface area contributed by atoms with E-state index in [1.54, 1.807) is 0 Å². The normalized spacial score (nSPS) is 24.9. The minimum atomic E-state index is 0.604. The van der Waals surface area contributed by atoms with Crippen LogP contribution in [0.4, 0.5) is 0 Å². The van der Waals surface area contributed by atoms with E-state index in [0.29, 0.717) is 6.04 Å². The maximum atomic E-state index is 4.85. The molecule has 20 heavy (non-hydrogen) atoms. The molecule has 1 unspecified atom stereocenters. The van der Waals surface area contributed by atoms with Crippen molar-refractivity contribution in [2.24, 2.45) is 0 Å². The van der Waals surface area contributed by atoms with E-state index in [2.05, 4.69) is 40.7 Å². The molecule has 5 heteroatoms. The molecule has 1 aromatic rings. The topological polar surface area (TPSA) is 36.3 Å². The smallest absolute Gasteiger partial charge is 0.109 e. The summed E-state index contributed by atoms with van der Waals surface area (Å²) >= 11 is 0. The first-order chi connectivity index (χ1) is 9.69. The van der Waals surface area contributed by atoms with Crippen LogP contribution < -0.4 is 5.32 Å². The SMILES string of the molecule is CCc1nc2c(n1CC1CN(C)CCN1C)CCNC2. The standard InChI is InChI=1S/C15H27N5/c1-4-15-17-13-9-16-6-5-14(13)20(15)11-12-10-18(2)7-8-19(12)3/h12,16H,4-11H2,1-3H3. The Labute approximate surface area is 122 Å². The monoisotopic (exact) mass is 277 g/mol. The van der Waals surface area contributed by atoms with Gasteiger partial charge in [0.15, 0.2) is 0 Å². The van der Waals surface area contributed by atoms with Crippen LogP contribution in [0, 0.1) is 0 Å². The second kappa shape index (κ2) is 5.84. The number of likely N-dealkylation sites (N-methyl/N-ethyl adjacent to an activating group) is 2. The number of imidazole rings is 1. The highest BCUT2D eigenvalue weighted by molar-refractivity contribution is 5.20. The molecule has 0 amide bonds. The van der Waals surface area contributed by atoms with E-state index in [0.717, 1.165) is 39.0 Å². The third-order valence-corrected chi connectivity index (χ3v) is 4.76. The molecule has 1 N–H and O–H groups in total. The average molecular weight is 277 g/mol. The quantitative estimate of drug-likeness (QED) is 0.864. The zero-order valence-electron chi connectivity index (χ0n) is 13.0. The van der Waals surface area contributed by atoms with Crippen LogP contribution in [0.3, 0.4) is 0 Å². The van der Waals surface area contributed by atoms with E-state index in [1.165, 1.54) is 30.3 Å². The van der Waals surface area contributed by atoms with E-state index < -0.39 is 0 Å². The maximum absolute atomic E-state index is 4.85. The number of nitrogens with zero attached hydrogens (tertiary/aromatic N) is 4. The van der Waals surface area contributed by atoms with Crippen molar-refractivity contribution < 1.29 is 0 Å². The number of aromatic nitrogens is 2. The summed E-state index contributed by atoms with van der Waals surface area (Å²) in [5.41, 5.74) is 2.75. The number of aryl methyl sites for hydroxylation is 1. The van der Waals surface area contributed by atoms with Gasteiger partial charge in [-0.25, -0.2) is 4.98 Å². The van der Waals surface area contributed by atoms with Gasteiger partial charge in [-0.1, -0.05) is 6.92 Å². The van der Waals surface area contributed by atoms with Crippen LogP contribution in [-0.2, 0) is 25.9 Å². The van der Waals surface area contributed by atoms with Crippen molar-refractivity contribution >= 4 is 0 Å². The van der Waals surface area contributed by atoms with E-state index in [1.807, 2.05) is 0 Å². The van der Waals surface area contributed by atoms with Gasteiger partial charge in [0.05, 0.1) is 5.69 Å². The number of rotatable bonds is 3. The number of nitrogens with one attached hydrogen (secondary N) is 1. The predicted octanol–water partition coefficient (Wildman–Crippen LogP) is 0.337. The minimum absolute atomic E-state index is 0.604. The highest BCUT2D eigenvalue weighted by Crippen LogP contribution is 2.19. The van der Waals surface area contributed by atoms with Crippen LogP contribution in [0.15, 0.2) is 0 Å². The Kier molecular flexibility index (Phi) is 4.10. The summed E-state index contributed by atoms with van der Waals surface area (Å²) in [7, 11) is 4.49. The summed E-state index contributed by atoms with van der Waals surface area (Å²) in [6.45, 7) is 8.84. The number of fused-ring (bicyclic) bond motifs is 1. The van der Waals surface area contributed by atoms with Crippen molar-refractivity contribution in [1.29, 1.82) is 0 Å². The lowest BCUT2D eigenvalue weighted by Gasteiger charge is -2.38. The maximum Gasteiger partial charge on any atom is 0.109 e. The van der Waals surface area contributed by atoms with Gasteiger partial charge in [-0.2, -0.15) is 0 Å². The molecular formula is C15H27N5. The van der Waals surface area contributed by atoms with E-state index in [9.17, 15) is 0 Å². The van der Waals surface area contributed by atoms with Crippen molar-refractivity contribution in [1.82, 2.24) is 24.7 Å². The molecule has 1 atom stereocenters. The van der Waals surface area contributed by atoms with Gasteiger partial charge >= 0.3 is 0 Å². The van der Waals surface area contributed by atoms with Gasteiger partial charge in [0, 0.05) is 63.8 Å². The van der Waals surface area contributed by atoms with Gasteiger partial charge in [0.2, 0.25) is 0 Å². The van der Waals surface area contributed by atoms with Crippen LogP contribution in [0.2, 0.25) is 0 Å². The zero-order valence-corrected chi connectivity index (χ0v) is 13.0. The average Bonchev–Trinajstić information content (AvgIpc) is 2.81. The van der Waals surface area contributed by atoms with Crippen molar-refractivity contribution in [2.45, 2.75) is 38.9 Å². The lowest BCUT2D eigenvalue weighted by atomic mass is 10.1. The van der Waals surface area contributed by atoms with Crippen molar-refractivity contribution in [3.05, 3.63) is 17.2 Å². The summed E-state index contributed by atoms with van der Waals surface area (Å²) in [4.78, 5) is 9.80. The Morgan fingerprint density at radius 3 is 2.95 bits per heavy atom. The van der Waals surface area contributed by atoms with Crippen LogP contribution in [0.1, 0.15) is 24.1 Å². The molecule has 1 aromatic heterocycles. The number of hydrogen-bond acceptors (Lipinski definition) is 4. The molecule has 2 aliphatic rings. The Hall–Kier alpha value is -0.910. The highest BCUT2D eigenvalue weighted by Gasteiger charge is 2.26. The molecule has 1 fully saturated rings. The van der Waals surface area contributed by atoms with Crippen LogP contribution >= 0.6 is 0 Å². The molecule has 1 saturated heterocycles. The fourth-order valence-corrected chi connectivity index (χ4v) is 3.42. The van der Waals surface area contributed by atoms with Gasteiger partial charge in [0.25, 0.3) is 0 Å². The summed E-state index contributed by atoms with van der Waals surface area (Å²) in [5.74, 6) is 1.26. The molecule has 0 bridgehead atoms. The molecule has 3 rings (SSSR count). The molecule has 5 nitrogen and oxygen atoms in total. The minimum Gasteiger partial charge on any atom is -0.330 e. The summed E-state index contributed by atoms with van der Waals surface area (Å²) < 4.78 is 2.51. The van der Waals surface area contributed by atoms with Crippen molar-refractivity contribution in [3.8, 4) is 0 Å². The van der Waals surface area contributed by atoms with Crippen LogP contribution in [0.5, 0.6) is 0 Å². The second-order valence-electron chi connectivity index (χ2n) is 6.21. The largest absolute Gasteiger partial charge is 0.330 e. The first-order valence-electron chi connectivity index (χ1n) is 7.85. The van der Waals surface area contributed by atoms with Gasteiger partial charge in [-0.15, -0.1) is 0 Å². The van der Waals surface area contributed by atoms with E-state index in [4.69, 9.17) is 4.98 Å². The van der Waals surface area contributed by atoms with E-state index >= 15 is 0 Å². The van der Waals surface area contributed by atoms with Gasteiger partial charge < -0.3 is 14.8 Å². The first-order valence-corrected chi connectivity index (χ1v) is 7.85. The lowest BCUT2D eigenvalue weighted by molar-refractivity contribution is 0.102. The lowest BCUT2D eigenvalue weighted by Crippen LogP contribution is -2.51. The Morgan fingerprint density at radius 1 is 1.30 bits per heavy atom. The third-order valence-electron chi connectivity index (χ3n) is 4.76. The summed E-state index contributed by atoms with van der Waals surface area (Å²) in [5, 5.41) is 3.43. The first kappa shape index (κ1) is 14.0. The molecule has 0 radical (unpaired) electrons. The van der Waals surface area contributed by atoms with Crippen LogP contribution in [0.25, 0.3) is 0 Å². The summed E-state index contributed by atoms with van der Waals surface area (Å²) in [6.07, 6.45) is 2.15. The molecule has 0 aliphatic carbocycles. The van der Waals surface area contributed by atoms with Gasteiger partial charge in [-0.3, -0.25) is 4.90 Å². The van der Waals surface area contributed by atoms with Crippen LogP contribution in [-0.4, -0.2) is 65.7 Å². The Bertz CT molecular complexity index is 467. The Morgan fingerprint density at radius 2 is 2.15 bits per heavy atom.